The van der Waals surface area contributed by atoms with E-state index < -0.39 is 28.8 Å². The molecule has 3 rings (SSSR count). The minimum Gasteiger partial charge on any atom is -0.508 e. The highest BCUT2D eigenvalue weighted by Gasteiger charge is 2.44. The second-order valence-electron chi connectivity index (χ2n) is 7.25. The van der Waals surface area contributed by atoms with Crippen LogP contribution in [0.15, 0.2) is 36.4 Å². The molecule has 27 heavy (non-hydrogen) atoms. The van der Waals surface area contributed by atoms with Crippen molar-refractivity contribution in [3.63, 3.8) is 0 Å². The number of phenolic OH excluding ortho intramolecular Hbond substituents is 1. The number of aliphatic hydroxyl groups is 4. The molecule has 1 aliphatic heterocycles. The van der Waals surface area contributed by atoms with Crippen LogP contribution in [0.5, 0.6) is 5.75 Å². The Morgan fingerprint density at radius 1 is 0.926 bits per heavy atom. The number of aliphatic hydroxyl groups excluding tert-OH is 4. The Hall–Kier alpha value is -1.57. The molecule has 0 saturated carbocycles. The maximum absolute atomic E-state index is 10.5. The zero-order valence-electron chi connectivity index (χ0n) is 15.4. The quantitative estimate of drug-likeness (QED) is 0.546. The molecule has 1 aliphatic rings. The van der Waals surface area contributed by atoms with Crippen molar-refractivity contribution in [2.24, 2.45) is 0 Å². The van der Waals surface area contributed by atoms with Gasteiger partial charge in [0.15, 0.2) is 0 Å². The first-order valence-electron chi connectivity index (χ1n) is 9.00. The van der Waals surface area contributed by atoms with Gasteiger partial charge in [-0.3, -0.25) is 0 Å². The van der Waals surface area contributed by atoms with Gasteiger partial charge in [0.1, 0.15) is 11.9 Å². The number of aromatic hydroxyl groups is 1. The Kier molecular flexibility index (Phi) is 6.13. The third-order valence-electron chi connectivity index (χ3n) is 5.20. The molecule has 5 nitrogen and oxygen atoms in total. The molecule has 1 saturated heterocycles. The van der Waals surface area contributed by atoms with Crippen LogP contribution in [0.1, 0.15) is 33.1 Å². The summed E-state index contributed by atoms with van der Waals surface area (Å²) in [5.74, 6) is 0.0389. The van der Waals surface area contributed by atoms with Crippen molar-refractivity contribution in [2.75, 3.05) is 6.61 Å². The van der Waals surface area contributed by atoms with E-state index in [0.717, 1.165) is 16.7 Å². The van der Waals surface area contributed by atoms with Gasteiger partial charge in [-0.1, -0.05) is 35.9 Å². The Bertz CT molecular complexity index is 790. The van der Waals surface area contributed by atoms with Crippen LogP contribution in [0, 0.1) is 13.8 Å². The van der Waals surface area contributed by atoms with Gasteiger partial charge in [0, 0.05) is 5.56 Å². The summed E-state index contributed by atoms with van der Waals surface area (Å²) in [6, 6.07) is 11.7. The van der Waals surface area contributed by atoms with Crippen LogP contribution in [-0.4, -0.2) is 55.7 Å². The molecule has 146 valence electrons. The first-order chi connectivity index (χ1) is 12.8. The second kappa shape index (κ2) is 8.20. The lowest BCUT2D eigenvalue weighted by Gasteiger charge is -2.40. The van der Waals surface area contributed by atoms with E-state index in [1.54, 1.807) is 6.07 Å². The van der Waals surface area contributed by atoms with E-state index in [0.29, 0.717) is 12.0 Å². The van der Waals surface area contributed by atoms with Crippen LogP contribution in [0.3, 0.4) is 0 Å². The van der Waals surface area contributed by atoms with E-state index in [-0.39, 0.29) is 12.4 Å². The molecule has 0 aliphatic carbocycles. The van der Waals surface area contributed by atoms with Gasteiger partial charge in [-0.05, 0) is 43.0 Å². The van der Waals surface area contributed by atoms with Crippen molar-refractivity contribution >= 4 is 11.8 Å². The predicted octanol–water partition coefficient (Wildman–Crippen LogP) is 1.83. The molecule has 2 aromatic rings. The highest BCUT2D eigenvalue weighted by Crippen LogP contribution is 2.46. The molecule has 5 N–H and O–H groups in total. The van der Waals surface area contributed by atoms with Crippen molar-refractivity contribution in [3.8, 4) is 5.75 Å². The minimum atomic E-state index is -1.38. The maximum Gasteiger partial charge on any atom is 0.120 e. The topological polar surface area (TPSA) is 101 Å². The minimum absolute atomic E-state index is 0.0389. The highest BCUT2D eigenvalue weighted by atomic mass is 32.2. The lowest BCUT2D eigenvalue weighted by atomic mass is 9.92. The molecule has 0 aromatic heterocycles. The van der Waals surface area contributed by atoms with Crippen LogP contribution >= 0.6 is 11.8 Å². The molecule has 0 amide bonds. The van der Waals surface area contributed by atoms with Crippen LogP contribution in [0.2, 0.25) is 0 Å². The van der Waals surface area contributed by atoms with Gasteiger partial charge in [-0.2, -0.15) is 0 Å². The van der Waals surface area contributed by atoms with Gasteiger partial charge in [-0.25, -0.2) is 0 Å². The molecular formula is C21H26O5S. The molecule has 5 atom stereocenters. The Morgan fingerprint density at radius 2 is 1.59 bits per heavy atom. The van der Waals surface area contributed by atoms with Crippen LogP contribution < -0.4 is 0 Å². The first kappa shape index (κ1) is 20.2. The molecule has 6 heteroatoms. The molecule has 0 radical (unpaired) electrons. The van der Waals surface area contributed by atoms with Gasteiger partial charge in [0.2, 0.25) is 0 Å². The van der Waals surface area contributed by atoms with Crippen molar-refractivity contribution in [3.05, 3.63) is 64.2 Å². The van der Waals surface area contributed by atoms with E-state index in [1.807, 2.05) is 19.9 Å². The fraction of sp³-hybridized carbons (Fsp3) is 0.429. The van der Waals surface area contributed by atoms with Gasteiger partial charge in [-0.15, -0.1) is 11.8 Å². The molecule has 2 aromatic carbocycles. The zero-order chi connectivity index (χ0) is 19.7. The predicted molar refractivity (Wildman–Crippen MR) is 106 cm³/mol. The summed E-state index contributed by atoms with van der Waals surface area (Å²) in [7, 11) is 0. The Morgan fingerprint density at radius 3 is 2.22 bits per heavy atom. The summed E-state index contributed by atoms with van der Waals surface area (Å²) in [6.07, 6.45) is -3.16. The number of thioether (sulfide) groups is 1. The molecule has 1 heterocycles. The summed E-state index contributed by atoms with van der Waals surface area (Å²) in [4.78, 5) is 0. The summed E-state index contributed by atoms with van der Waals surface area (Å²) >= 11 is 1.17. The smallest absolute Gasteiger partial charge is 0.120 e. The third kappa shape index (κ3) is 4.15. The van der Waals surface area contributed by atoms with Gasteiger partial charge in [0.05, 0.1) is 29.3 Å². The largest absolute Gasteiger partial charge is 0.508 e. The lowest BCUT2D eigenvalue weighted by Crippen LogP contribution is -2.51. The Balaban J connectivity index is 1.94. The van der Waals surface area contributed by atoms with Gasteiger partial charge >= 0.3 is 0 Å². The second-order valence-corrected chi connectivity index (χ2v) is 8.63. The molecule has 0 spiro atoms. The van der Waals surface area contributed by atoms with Gasteiger partial charge < -0.3 is 25.5 Å². The normalized spacial score (nSPS) is 28.3. The monoisotopic (exact) mass is 390 g/mol. The lowest BCUT2D eigenvalue weighted by molar-refractivity contribution is -0.0701. The standard InChI is InChI=1S/C21H26O5S/c1-11-3-5-13(6-4-11)8-14-9-15(16(23)7-12(14)2)21-20(26)19(25)18(24)17(10-22)27-21/h3-7,9,17-26H,8,10H2,1-2H3/t17-,18-,19+,20-,21+/m1/s1. The molecular weight excluding hydrogens is 364 g/mol. The van der Waals surface area contributed by atoms with E-state index in [4.69, 9.17) is 0 Å². The van der Waals surface area contributed by atoms with Crippen LogP contribution in [0.25, 0.3) is 0 Å². The van der Waals surface area contributed by atoms with Crippen molar-refractivity contribution in [1.29, 1.82) is 0 Å². The number of aryl methyl sites for hydroxylation is 2. The van der Waals surface area contributed by atoms with E-state index in [2.05, 4.69) is 24.3 Å². The van der Waals surface area contributed by atoms with Crippen molar-refractivity contribution in [1.82, 2.24) is 0 Å². The van der Waals surface area contributed by atoms with Crippen molar-refractivity contribution < 1.29 is 25.5 Å². The Labute approximate surface area is 163 Å². The number of benzene rings is 2. The van der Waals surface area contributed by atoms with E-state index in [9.17, 15) is 25.5 Å². The summed E-state index contributed by atoms with van der Waals surface area (Å²) < 4.78 is 0. The van der Waals surface area contributed by atoms with Crippen LogP contribution in [-0.2, 0) is 6.42 Å². The van der Waals surface area contributed by atoms with E-state index >= 15 is 0 Å². The highest BCUT2D eigenvalue weighted by molar-refractivity contribution is 8.00. The van der Waals surface area contributed by atoms with Gasteiger partial charge in [0.25, 0.3) is 0 Å². The fourth-order valence-electron chi connectivity index (χ4n) is 3.46. The van der Waals surface area contributed by atoms with Crippen LogP contribution in [0.4, 0.5) is 0 Å². The third-order valence-corrected chi connectivity index (χ3v) is 6.80. The molecule has 1 fully saturated rings. The molecule has 0 unspecified atom stereocenters. The maximum atomic E-state index is 10.5. The number of hydrogen-bond donors (Lipinski definition) is 5. The summed E-state index contributed by atoms with van der Waals surface area (Å²) in [5.41, 5.74) is 4.78. The zero-order valence-corrected chi connectivity index (χ0v) is 16.2. The molecule has 0 bridgehead atoms. The SMILES string of the molecule is Cc1ccc(Cc2cc([C@@H]3S[C@H](CO)[C@@H](O)[C@H](O)[C@H]3O)c(O)cc2C)cc1. The fourth-order valence-corrected chi connectivity index (χ4v) is 4.90. The average Bonchev–Trinajstić information content (AvgIpc) is 2.64. The number of hydrogen-bond acceptors (Lipinski definition) is 6. The summed E-state index contributed by atoms with van der Waals surface area (Å²) in [5, 5.41) is 49.3. The number of phenols is 1. The first-order valence-corrected chi connectivity index (χ1v) is 9.94. The summed E-state index contributed by atoms with van der Waals surface area (Å²) in [6.45, 7) is 3.63. The van der Waals surface area contributed by atoms with E-state index in [1.165, 1.54) is 17.3 Å². The number of rotatable bonds is 4. The van der Waals surface area contributed by atoms with Crippen molar-refractivity contribution in [2.45, 2.75) is 49.1 Å². The average molecular weight is 391 g/mol.